The smallest absolute Gasteiger partial charge is 0.206 e. The molecule has 0 amide bonds. The van der Waals surface area contributed by atoms with Crippen molar-refractivity contribution in [2.45, 2.75) is 22.8 Å². The average Bonchev–Trinajstić information content (AvgIpc) is 2.71. The monoisotopic (exact) mass is 482 g/mol. The Kier molecular flexibility index (Phi) is 8.88. The van der Waals surface area contributed by atoms with E-state index in [1.165, 1.54) is 24.3 Å². The molecule has 0 spiro atoms. The minimum Gasteiger partial charge on any atom is -0.493 e. The molecule has 2 rings (SSSR count). The molecule has 0 unspecified atom stereocenters. The Bertz CT molecular complexity index is 895. The molecule has 2 aromatic carbocycles. The summed E-state index contributed by atoms with van der Waals surface area (Å²) >= 11 is 18.0. The predicted octanol–water partition coefficient (Wildman–Crippen LogP) is 3.81. The van der Waals surface area contributed by atoms with Gasteiger partial charge in [0.25, 0.3) is 0 Å². The second-order valence-corrected chi connectivity index (χ2v) is 9.48. The third-order valence-corrected chi connectivity index (χ3v) is 6.68. The van der Waals surface area contributed by atoms with Gasteiger partial charge < -0.3 is 19.7 Å². The molecule has 0 heterocycles. The quantitative estimate of drug-likeness (QED) is 0.499. The molecule has 0 aliphatic carbocycles. The Morgan fingerprint density at radius 3 is 2.10 bits per heavy atom. The van der Waals surface area contributed by atoms with E-state index in [1.54, 1.807) is 12.1 Å². The first-order chi connectivity index (χ1) is 13.7. The second-order valence-electron chi connectivity index (χ2n) is 6.41. The average molecular weight is 484 g/mol. The maximum Gasteiger partial charge on any atom is 0.206 e. The van der Waals surface area contributed by atoms with E-state index in [4.69, 9.17) is 49.4 Å². The van der Waals surface area contributed by atoms with Gasteiger partial charge in [0.1, 0.15) is 18.5 Å². The van der Waals surface area contributed by atoms with Gasteiger partial charge >= 0.3 is 0 Å². The van der Waals surface area contributed by atoms with Crippen LogP contribution in [0.2, 0.25) is 10.0 Å². The lowest BCUT2D eigenvalue weighted by molar-refractivity contribution is 0.0536. The van der Waals surface area contributed by atoms with Crippen molar-refractivity contribution in [3.8, 4) is 11.5 Å². The van der Waals surface area contributed by atoms with Crippen LogP contribution in [0.4, 0.5) is 0 Å². The third-order valence-electron chi connectivity index (χ3n) is 3.84. The topological polar surface area (TPSA) is 93.1 Å². The van der Waals surface area contributed by atoms with Crippen molar-refractivity contribution < 1.29 is 28.1 Å². The van der Waals surface area contributed by atoms with Crippen molar-refractivity contribution in [1.82, 2.24) is 0 Å². The summed E-state index contributed by atoms with van der Waals surface area (Å²) in [6, 6.07) is 8.42. The molecule has 0 saturated heterocycles. The minimum atomic E-state index is -3.88. The van der Waals surface area contributed by atoms with Crippen LogP contribution in [0.25, 0.3) is 0 Å². The highest BCUT2D eigenvalue weighted by Gasteiger charge is 2.22. The van der Waals surface area contributed by atoms with E-state index in [-0.39, 0.29) is 38.1 Å². The third kappa shape index (κ3) is 6.38. The zero-order valence-corrected chi connectivity index (χ0v) is 18.6. The number of hydrogen-bond acceptors (Lipinski definition) is 6. The molecule has 0 aliphatic rings. The van der Waals surface area contributed by atoms with Crippen molar-refractivity contribution in [1.29, 1.82) is 0 Å². The fourth-order valence-corrected chi connectivity index (χ4v) is 4.32. The normalized spacial score (nSPS) is 13.7. The van der Waals surface area contributed by atoms with Crippen LogP contribution >= 0.6 is 34.8 Å². The van der Waals surface area contributed by atoms with E-state index < -0.39 is 22.5 Å². The first-order valence-corrected chi connectivity index (χ1v) is 11.4. The van der Waals surface area contributed by atoms with Gasteiger partial charge in [-0.15, -0.1) is 11.6 Å². The molecule has 0 aromatic heterocycles. The van der Waals surface area contributed by atoms with Crippen LogP contribution in [0.15, 0.2) is 46.2 Å². The number of aliphatic hydroxyl groups is 2. The van der Waals surface area contributed by atoms with Gasteiger partial charge in [-0.3, -0.25) is 0 Å². The van der Waals surface area contributed by atoms with Crippen molar-refractivity contribution in [2.24, 2.45) is 5.92 Å². The lowest BCUT2D eigenvalue weighted by atomic mass is 10.2. The number of ether oxygens (including phenoxy) is 2. The van der Waals surface area contributed by atoms with Gasteiger partial charge in [-0.2, -0.15) is 0 Å². The van der Waals surface area contributed by atoms with Crippen LogP contribution < -0.4 is 9.47 Å². The van der Waals surface area contributed by atoms with Crippen LogP contribution in [0.5, 0.6) is 11.5 Å². The summed E-state index contributed by atoms with van der Waals surface area (Å²) < 4.78 is 36.6. The number of rotatable bonds is 10. The molecule has 0 bridgehead atoms. The van der Waals surface area contributed by atoms with Crippen LogP contribution in [-0.4, -0.2) is 50.4 Å². The summed E-state index contributed by atoms with van der Waals surface area (Å²) in [6.07, 6.45) is -1.11. The highest BCUT2D eigenvalue weighted by Crippen LogP contribution is 2.37. The number of hydrogen-bond donors (Lipinski definition) is 2. The summed E-state index contributed by atoms with van der Waals surface area (Å²) in [4.78, 5) is -0.0567. The molecular weight excluding hydrogens is 463 g/mol. The fourth-order valence-electron chi connectivity index (χ4n) is 2.20. The van der Waals surface area contributed by atoms with Crippen molar-refractivity contribution in [2.75, 3.05) is 25.7 Å². The summed E-state index contributed by atoms with van der Waals surface area (Å²) in [7, 11) is -3.88. The molecule has 160 valence electrons. The first-order valence-electron chi connectivity index (χ1n) is 8.63. The highest BCUT2D eigenvalue weighted by atomic mass is 35.5. The van der Waals surface area contributed by atoms with Crippen LogP contribution in [0, 0.1) is 5.92 Å². The van der Waals surface area contributed by atoms with E-state index in [0.29, 0.717) is 18.2 Å². The Morgan fingerprint density at radius 2 is 1.59 bits per heavy atom. The number of halogens is 3. The van der Waals surface area contributed by atoms with Gasteiger partial charge in [-0.25, -0.2) is 8.42 Å². The second kappa shape index (κ2) is 10.7. The lowest BCUT2D eigenvalue weighted by Crippen LogP contribution is -2.21. The van der Waals surface area contributed by atoms with Gasteiger partial charge in [0, 0.05) is 11.8 Å². The molecule has 0 saturated carbocycles. The molecule has 2 aromatic rings. The van der Waals surface area contributed by atoms with Gasteiger partial charge in [-0.1, -0.05) is 30.1 Å². The fraction of sp³-hybridized carbons (Fsp3) is 0.368. The van der Waals surface area contributed by atoms with E-state index in [2.05, 4.69) is 0 Å². The first kappa shape index (κ1) is 24.1. The van der Waals surface area contributed by atoms with Crippen LogP contribution in [0.1, 0.15) is 6.92 Å². The molecule has 6 nitrogen and oxygen atoms in total. The minimum absolute atomic E-state index is 0.0249. The molecule has 0 fully saturated rings. The maximum atomic E-state index is 12.9. The standard InChI is InChI=1S/C19H21Cl3O6S/c1-12(8-20)10-27-14-2-4-15(5-3-14)29(25,26)16-6-17(21)19(18(22)7-16)28-11-13(24)9-23/h2-7,12-13,23-24H,8-11H2,1H3/t12-,13+/m1/s1. The summed E-state index contributed by atoms with van der Waals surface area (Å²) in [6.45, 7) is 1.63. The van der Waals surface area contributed by atoms with Gasteiger partial charge in [0.15, 0.2) is 5.75 Å². The van der Waals surface area contributed by atoms with E-state index in [1.807, 2.05) is 6.92 Å². The Labute approximate surface area is 184 Å². The largest absolute Gasteiger partial charge is 0.493 e. The Balaban J connectivity index is 2.22. The summed E-state index contributed by atoms with van der Waals surface area (Å²) in [5.41, 5.74) is 0. The zero-order chi connectivity index (χ0) is 21.6. The van der Waals surface area contributed by atoms with Gasteiger partial charge in [0.2, 0.25) is 9.84 Å². The van der Waals surface area contributed by atoms with Gasteiger partial charge in [0.05, 0.1) is 33.0 Å². The highest BCUT2D eigenvalue weighted by molar-refractivity contribution is 7.91. The lowest BCUT2D eigenvalue weighted by Gasteiger charge is -2.14. The van der Waals surface area contributed by atoms with Crippen molar-refractivity contribution in [3.05, 3.63) is 46.4 Å². The summed E-state index contributed by atoms with van der Waals surface area (Å²) in [5, 5.41) is 18.1. The predicted molar refractivity (Wildman–Crippen MR) is 112 cm³/mol. The van der Waals surface area contributed by atoms with E-state index >= 15 is 0 Å². The Morgan fingerprint density at radius 1 is 1.00 bits per heavy atom. The van der Waals surface area contributed by atoms with E-state index in [9.17, 15) is 13.5 Å². The SMILES string of the molecule is C[C@H](CCl)COc1ccc(S(=O)(=O)c2cc(Cl)c(OC[C@@H](O)CO)c(Cl)c2)cc1. The number of benzene rings is 2. The Hall–Kier alpha value is -1.22. The molecule has 0 radical (unpaired) electrons. The zero-order valence-electron chi connectivity index (χ0n) is 15.5. The maximum absolute atomic E-state index is 12.9. The number of aliphatic hydroxyl groups excluding tert-OH is 2. The van der Waals surface area contributed by atoms with Crippen LogP contribution in [0.3, 0.4) is 0 Å². The number of sulfone groups is 1. The van der Waals surface area contributed by atoms with Crippen molar-refractivity contribution >= 4 is 44.6 Å². The van der Waals surface area contributed by atoms with Crippen molar-refractivity contribution in [3.63, 3.8) is 0 Å². The van der Waals surface area contributed by atoms with E-state index in [0.717, 1.165) is 0 Å². The van der Waals surface area contributed by atoms with Crippen LogP contribution in [-0.2, 0) is 9.84 Å². The summed E-state index contributed by atoms with van der Waals surface area (Å²) in [5.74, 6) is 1.19. The molecular formula is C19H21Cl3O6S. The molecule has 10 heteroatoms. The number of alkyl halides is 1. The molecule has 2 atom stereocenters. The molecule has 29 heavy (non-hydrogen) atoms. The van der Waals surface area contributed by atoms with Gasteiger partial charge in [-0.05, 0) is 36.4 Å². The molecule has 0 aliphatic heterocycles. The molecule has 2 N–H and O–H groups in total.